The van der Waals surface area contributed by atoms with E-state index in [1.807, 2.05) is 0 Å². The van der Waals surface area contributed by atoms with Crippen LogP contribution in [-0.4, -0.2) is 66.0 Å². The van der Waals surface area contributed by atoms with Gasteiger partial charge in [-0.2, -0.15) is 8.78 Å². The third kappa shape index (κ3) is 4.45. The smallest absolute Gasteiger partial charge is 0.349 e. The molecule has 1 atom stereocenters. The fraction of sp³-hybridized carbons (Fsp3) is 0.273. The van der Waals surface area contributed by atoms with E-state index in [4.69, 9.17) is 11.6 Å². The molecule has 0 bridgehead atoms. The molecule has 0 spiro atoms. The Labute approximate surface area is 215 Å². The Hall–Kier alpha value is -3.07. The van der Waals surface area contributed by atoms with Gasteiger partial charge >= 0.3 is 5.92 Å². The van der Waals surface area contributed by atoms with Gasteiger partial charge < -0.3 is 10.2 Å². The van der Waals surface area contributed by atoms with Gasteiger partial charge in [0.25, 0.3) is 11.8 Å². The standard InChI is InChI=1S/C22H22B4ClF2N3O4/c23-13-7-11-12(8-32(19(11)35)14-5-6-15(33)30-18(14)34)17(24)16(13)22(25,26)31-20(36)21(28,29)9-1-3-10(27)4-2-9/h1-4,7,14H,5-6,8,23-26H2,(H,31,36)(H,30,33,34). The van der Waals surface area contributed by atoms with Crippen molar-refractivity contribution < 1.29 is 28.0 Å². The van der Waals surface area contributed by atoms with Gasteiger partial charge in [-0.1, -0.05) is 46.3 Å². The van der Waals surface area contributed by atoms with Crippen molar-refractivity contribution in [3.05, 3.63) is 57.6 Å². The predicted molar refractivity (Wildman–Crippen MR) is 141 cm³/mol. The van der Waals surface area contributed by atoms with Crippen molar-refractivity contribution in [1.29, 1.82) is 0 Å². The largest absolute Gasteiger partial charge is 0.357 e. The van der Waals surface area contributed by atoms with Crippen molar-refractivity contribution in [2.75, 3.05) is 0 Å². The first kappa shape index (κ1) is 26.0. The maximum absolute atomic E-state index is 15.0. The number of carbonyl (C=O) groups is 4. The number of carbonyl (C=O) groups excluding carboxylic acids is 4. The highest BCUT2D eigenvalue weighted by molar-refractivity contribution is 6.49. The molecule has 2 aliphatic rings. The first-order valence-electron chi connectivity index (χ1n) is 11.5. The Balaban J connectivity index is 1.63. The van der Waals surface area contributed by atoms with Crippen LogP contribution in [0.3, 0.4) is 0 Å². The number of rotatable bonds is 5. The SMILES string of the molecule is Bc1cc2c(c(B)c1C(B)(B)NC(=O)C(F)(F)c1ccc(Cl)cc1)CN(C1CCC(=O)NC1=O)C2=O. The Morgan fingerprint density at radius 3 is 2.39 bits per heavy atom. The minimum atomic E-state index is -3.79. The number of fused-ring (bicyclic) bond motifs is 1. The third-order valence-corrected chi connectivity index (χ3v) is 7.11. The molecule has 0 aliphatic carbocycles. The van der Waals surface area contributed by atoms with Crippen LogP contribution < -0.4 is 21.6 Å². The Bertz CT molecular complexity index is 1310. The van der Waals surface area contributed by atoms with E-state index in [9.17, 15) is 28.0 Å². The van der Waals surface area contributed by atoms with Crippen molar-refractivity contribution >= 4 is 77.5 Å². The second-order valence-corrected chi connectivity index (χ2v) is 10.2. The molecule has 2 aliphatic heterocycles. The molecular formula is C22H22B4ClF2N3O4. The molecule has 1 saturated heterocycles. The highest BCUT2D eigenvalue weighted by atomic mass is 35.5. The van der Waals surface area contributed by atoms with Crippen LogP contribution in [0, 0.1) is 0 Å². The zero-order chi connectivity index (χ0) is 26.6. The van der Waals surface area contributed by atoms with Crippen LogP contribution in [0.15, 0.2) is 30.3 Å². The number of hydrogen-bond donors (Lipinski definition) is 2. The van der Waals surface area contributed by atoms with Gasteiger partial charge in [0.15, 0.2) is 0 Å². The van der Waals surface area contributed by atoms with Gasteiger partial charge in [-0.05, 0) is 24.1 Å². The third-order valence-electron chi connectivity index (χ3n) is 6.86. The topological polar surface area (TPSA) is 95.6 Å². The summed E-state index contributed by atoms with van der Waals surface area (Å²) in [5.41, 5.74) is 2.54. The zero-order valence-corrected chi connectivity index (χ0v) is 21.1. The monoisotopic (exact) mass is 509 g/mol. The first-order chi connectivity index (χ1) is 16.7. The molecule has 2 aromatic rings. The summed E-state index contributed by atoms with van der Waals surface area (Å²) < 4.78 is 29.9. The molecule has 1 unspecified atom stereocenters. The lowest BCUT2D eigenvalue weighted by Gasteiger charge is -2.33. The summed E-state index contributed by atoms with van der Waals surface area (Å²) in [6, 6.07) is 5.70. The van der Waals surface area contributed by atoms with Crippen LogP contribution in [0.5, 0.6) is 0 Å². The van der Waals surface area contributed by atoms with Crippen LogP contribution in [-0.2, 0) is 32.2 Å². The summed E-state index contributed by atoms with van der Waals surface area (Å²) >= 11 is 5.78. The van der Waals surface area contributed by atoms with Crippen molar-refractivity contribution in [2.45, 2.75) is 36.7 Å². The van der Waals surface area contributed by atoms with Gasteiger partial charge in [0.2, 0.25) is 11.8 Å². The summed E-state index contributed by atoms with van der Waals surface area (Å²) in [6.07, 6.45) is 0.372. The molecule has 4 rings (SSSR count). The number of imide groups is 1. The van der Waals surface area contributed by atoms with E-state index in [1.165, 1.54) is 17.0 Å². The molecule has 182 valence electrons. The summed E-state index contributed by atoms with van der Waals surface area (Å²) in [6.45, 7) is 0.143. The number of benzene rings is 2. The van der Waals surface area contributed by atoms with Gasteiger partial charge in [0.05, 0.1) is 0 Å². The highest BCUT2D eigenvalue weighted by Crippen LogP contribution is 2.31. The molecule has 2 N–H and O–H groups in total. The highest BCUT2D eigenvalue weighted by Gasteiger charge is 2.45. The molecule has 7 nitrogen and oxygen atoms in total. The Kier molecular flexibility index (Phi) is 6.58. The van der Waals surface area contributed by atoms with E-state index in [2.05, 4.69) is 10.6 Å². The average Bonchev–Trinajstić information content (AvgIpc) is 3.10. The molecule has 2 aromatic carbocycles. The Morgan fingerprint density at radius 1 is 1.14 bits per heavy atom. The normalized spacial score (nSPS) is 18.1. The molecule has 14 heteroatoms. The second kappa shape index (κ2) is 9.10. The maximum Gasteiger partial charge on any atom is 0.349 e. The van der Waals surface area contributed by atoms with E-state index in [0.29, 0.717) is 27.6 Å². The molecular weight excluding hydrogens is 487 g/mol. The van der Waals surface area contributed by atoms with Crippen LogP contribution in [0.4, 0.5) is 8.78 Å². The van der Waals surface area contributed by atoms with Gasteiger partial charge in [0, 0.05) is 34.5 Å². The summed E-state index contributed by atoms with van der Waals surface area (Å²) in [4.78, 5) is 51.2. The van der Waals surface area contributed by atoms with Crippen LogP contribution in [0.1, 0.15) is 39.9 Å². The molecule has 36 heavy (non-hydrogen) atoms. The summed E-state index contributed by atoms with van der Waals surface area (Å²) in [5.74, 6) is -6.47. The van der Waals surface area contributed by atoms with Crippen molar-refractivity contribution in [3.8, 4) is 0 Å². The van der Waals surface area contributed by atoms with E-state index in [0.717, 1.165) is 12.1 Å². The minimum Gasteiger partial charge on any atom is -0.357 e. The van der Waals surface area contributed by atoms with Gasteiger partial charge in [-0.15, -0.1) is 0 Å². The van der Waals surface area contributed by atoms with E-state index in [1.54, 1.807) is 37.5 Å². The van der Waals surface area contributed by atoms with E-state index in [-0.39, 0.29) is 36.2 Å². The number of hydrogen-bond acceptors (Lipinski definition) is 4. The molecule has 0 saturated carbocycles. The van der Waals surface area contributed by atoms with Gasteiger partial charge in [-0.3, -0.25) is 24.5 Å². The lowest BCUT2D eigenvalue weighted by atomic mass is 9.52. The fourth-order valence-corrected chi connectivity index (χ4v) is 5.35. The van der Waals surface area contributed by atoms with E-state index < -0.39 is 34.7 Å². The molecule has 0 radical (unpaired) electrons. The molecule has 2 heterocycles. The number of amides is 4. The Morgan fingerprint density at radius 2 is 1.78 bits per heavy atom. The molecule has 1 fully saturated rings. The number of halogens is 3. The molecule has 0 aromatic heterocycles. The number of nitrogens with one attached hydrogen (secondary N) is 2. The minimum absolute atomic E-state index is 0.140. The quantitative estimate of drug-likeness (QED) is 0.330. The van der Waals surface area contributed by atoms with Crippen LogP contribution >= 0.6 is 11.6 Å². The lowest BCUT2D eigenvalue weighted by Crippen LogP contribution is -2.56. The summed E-state index contributed by atoms with van der Waals surface area (Å²) in [5, 5.41) is 3.82. The van der Waals surface area contributed by atoms with Gasteiger partial charge in [0.1, 0.15) is 37.4 Å². The summed E-state index contributed by atoms with van der Waals surface area (Å²) in [7, 11) is 6.77. The van der Waals surface area contributed by atoms with Gasteiger partial charge in [-0.25, -0.2) is 0 Å². The van der Waals surface area contributed by atoms with Crippen molar-refractivity contribution in [1.82, 2.24) is 15.5 Å². The number of nitrogens with zero attached hydrogens (tertiary/aromatic N) is 1. The average molecular weight is 509 g/mol. The fourth-order valence-electron chi connectivity index (χ4n) is 5.22. The number of alkyl halides is 2. The zero-order valence-electron chi connectivity index (χ0n) is 20.3. The second-order valence-electron chi connectivity index (χ2n) is 9.78. The van der Waals surface area contributed by atoms with Crippen molar-refractivity contribution in [3.63, 3.8) is 0 Å². The lowest BCUT2D eigenvalue weighted by molar-refractivity contribution is -0.147. The number of piperidine rings is 1. The first-order valence-corrected chi connectivity index (χ1v) is 11.9. The molecule has 4 amide bonds. The van der Waals surface area contributed by atoms with Crippen LogP contribution in [0.2, 0.25) is 5.02 Å². The predicted octanol–water partition coefficient (Wildman–Crippen LogP) is -3.10. The van der Waals surface area contributed by atoms with E-state index >= 15 is 0 Å². The van der Waals surface area contributed by atoms with Crippen molar-refractivity contribution in [2.24, 2.45) is 0 Å². The van der Waals surface area contributed by atoms with Crippen LogP contribution in [0.25, 0.3) is 0 Å². The maximum atomic E-state index is 15.0.